The summed E-state index contributed by atoms with van der Waals surface area (Å²) in [5.74, 6) is 1.15. The Morgan fingerprint density at radius 3 is 2.53 bits per heavy atom. The summed E-state index contributed by atoms with van der Waals surface area (Å²) in [5.41, 5.74) is 1.18. The van der Waals surface area contributed by atoms with E-state index in [1.165, 1.54) is 5.56 Å². The first-order valence-corrected chi connectivity index (χ1v) is 6.50. The van der Waals surface area contributed by atoms with Gasteiger partial charge in [0.25, 0.3) is 0 Å². The smallest absolute Gasteiger partial charge is 0.219 e. The molecule has 0 aromatic carbocycles. The van der Waals surface area contributed by atoms with Gasteiger partial charge in [-0.1, -0.05) is 0 Å². The molecule has 5 heteroatoms. The highest BCUT2D eigenvalue weighted by atomic mass is 79.9. The number of nitrogens with zero attached hydrogens (tertiary/aromatic N) is 3. The van der Waals surface area contributed by atoms with Crippen molar-refractivity contribution in [1.82, 2.24) is 9.88 Å². The molecule has 1 saturated heterocycles. The highest BCUT2D eigenvalue weighted by Gasteiger charge is 2.19. The summed E-state index contributed by atoms with van der Waals surface area (Å²) in [6, 6.07) is 2.08. The maximum absolute atomic E-state index is 11.2. The van der Waals surface area contributed by atoms with Gasteiger partial charge in [-0.2, -0.15) is 0 Å². The van der Waals surface area contributed by atoms with Crippen LogP contribution in [0.15, 0.2) is 16.7 Å². The quantitative estimate of drug-likeness (QED) is 0.793. The predicted molar refractivity (Wildman–Crippen MR) is 71.1 cm³/mol. The maximum atomic E-state index is 11.2. The average Bonchev–Trinajstić information content (AvgIpc) is 2.33. The van der Waals surface area contributed by atoms with Gasteiger partial charge in [-0.3, -0.25) is 4.79 Å². The number of carbonyl (C=O) groups excluding carboxylic acids is 1. The van der Waals surface area contributed by atoms with E-state index < -0.39 is 0 Å². The van der Waals surface area contributed by atoms with Crippen LogP contribution in [-0.2, 0) is 4.79 Å². The van der Waals surface area contributed by atoms with Gasteiger partial charge in [0.2, 0.25) is 5.91 Å². The predicted octanol–water partition coefficient (Wildman–Crippen LogP) is 1.82. The van der Waals surface area contributed by atoms with Crippen molar-refractivity contribution < 1.29 is 4.79 Å². The monoisotopic (exact) mass is 297 g/mol. The van der Waals surface area contributed by atoms with Gasteiger partial charge in [-0.05, 0) is 34.5 Å². The lowest BCUT2D eigenvalue weighted by molar-refractivity contribution is -0.129. The SMILES string of the molecule is CC(=O)N1CCN(c2cc(C)c(Br)cn2)CC1. The number of aryl methyl sites for hydroxylation is 1. The first-order chi connectivity index (χ1) is 8.08. The van der Waals surface area contributed by atoms with Crippen molar-refractivity contribution in [3.05, 3.63) is 22.3 Å². The number of aromatic nitrogens is 1. The first kappa shape index (κ1) is 12.4. The Kier molecular flexibility index (Phi) is 3.66. The van der Waals surface area contributed by atoms with E-state index in [2.05, 4.69) is 38.8 Å². The summed E-state index contributed by atoms with van der Waals surface area (Å²) in [6.07, 6.45) is 1.84. The molecular formula is C12H16BrN3O. The molecule has 1 aromatic rings. The van der Waals surface area contributed by atoms with Crippen molar-refractivity contribution in [3.63, 3.8) is 0 Å². The first-order valence-electron chi connectivity index (χ1n) is 5.70. The van der Waals surface area contributed by atoms with E-state index in [-0.39, 0.29) is 5.91 Å². The average molecular weight is 298 g/mol. The second kappa shape index (κ2) is 5.04. The van der Waals surface area contributed by atoms with Gasteiger partial charge in [-0.15, -0.1) is 0 Å². The van der Waals surface area contributed by atoms with Crippen LogP contribution in [0.1, 0.15) is 12.5 Å². The summed E-state index contributed by atoms with van der Waals surface area (Å²) < 4.78 is 1.03. The van der Waals surface area contributed by atoms with E-state index in [0.717, 1.165) is 36.5 Å². The fourth-order valence-electron chi connectivity index (χ4n) is 1.95. The van der Waals surface area contributed by atoms with Crippen molar-refractivity contribution in [3.8, 4) is 0 Å². The molecule has 0 bridgehead atoms. The Balaban J connectivity index is 2.05. The summed E-state index contributed by atoms with van der Waals surface area (Å²) in [5, 5.41) is 0. The minimum Gasteiger partial charge on any atom is -0.353 e. The standard InChI is InChI=1S/C12H16BrN3O/c1-9-7-12(14-8-11(9)13)16-5-3-15(4-6-16)10(2)17/h7-8H,3-6H2,1-2H3. The van der Waals surface area contributed by atoms with E-state index in [1.807, 2.05) is 11.1 Å². The number of halogens is 1. The van der Waals surface area contributed by atoms with Gasteiger partial charge in [0.1, 0.15) is 5.82 Å². The molecule has 4 nitrogen and oxygen atoms in total. The highest BCUT2D eigenvalue weighted by molar-refractivity contribution is 9.10. The minimum absolute atomic E-state index is 0.157. The van der Waals surface area contributed by atoms with Crippen LogP contribution in [0.2, 0.25) is 0 Å². The molecule has 1 aliphatic rings. The lowest BCUT2D eigenvalue weighted by Crippen LogP contribution is -2.48. The van der Waals surface area contributed by atoms with Crippen molar-refractivity contribution in [2.45, 2.75) is 13.8 Å². The molecule has 1 fully saturated rings. The van der Waals surface area contributed by atoms with Gasteiger partial charge in [-0.25, -0.2) is 4.98 Å². The highest BCUT2D eigenvalue weighted by Crippen LogP contribution is 2.20. The zero-order valence-corrected chi connectivity index (χ0v) is 11.7. The molecule has 92 valence electrons. The Bertz CT molecular complexity index is 428. The lowest BCUT2D eigenvalue weighted by Gasteiger charge is -2.35. The van der Waals surface area contributed by atoms with Crippen molar-refractivity contribution in [2.75, 3.05) is 31.1 Å². The maximum Gasteiger partial charge on any atom is 0.219 e. The van der Waals surface area contributed by atoms with E-state index >= 15 is 0 Å². The number of pyridine rings is 1. The number of amides is 1. The van der Waals surface area contributed by atoms with Crippen LogP contribution in [0.4, 0.5) is 5.82 Å². The molecular weight excluding hydrogens is 282 g/mol. The molecule has 0 spiro atoms. The van der Waals surface area contributed by atoms with E-state index in [9.17, 15) is 4.79 Å². The molecule has 0 radical (unpaired) electrons. The van der Waals surface area contributed by atoms with Crippen LogP contribution in [0.25, 0.3) is 0 Å². The molecule has 1 amide bonds. The zero-order chi connectivity index (χ0) is 12.4. The topological polar surface area (TPSA) is 36.4 Å². The van der Waals surface area contributed by atoms with E-state index in [1.54, 1.807) is 6.92 Å². The van der Waals surface area contributed by atoms with Crippen molar-refractivity contribution >= 4 is 27.7 Å². The normalized spacial score (nSPS) is 16.2. The second-order valence-electron chi connectivity index (χ2n) is 4.28. The number of carbonyl (C=O) groups is 1. The molecule has 0 unspecified atom stereocenters. The van der Waals surface area contributed by atoms with Crippen LogP contribution in [-0.4, -0.2) is 42.0 Å². The Morgan fingerprint density at radius 1 is 1.35 bits per heavy atom. The van der Waals surface area contributed by atoms with Crippen LogP contribution in [0, 0.1) is 6.92 Å². The molecule has 0 N–H and O–H groups in total. The van der Waals surface area contributed by atoms with Crippen LogP contribution in [0.5, 0.6) is 0 Å². The lowest BCUT2D eigenvalue weighted by atomic mass is 10.2. The van der Waals surface area contributed by atoms with E-state index in [0.29, 0.717) is 0 Å². The molecule has 2 rings (SSSR count). The van der Waals surface area contributed by atoms with Gasteiger partial charge in [0.05, 0.1) is 0 Å². The molecule has 0 aliphatic carbocycles. The third-order valence-corrected chi connectivity index (χ3v) is 3.91. The summed E-state index contributed by atoms with van der Waals surface area (Å²) >= 11 is 3.45. The number of hydrogen-bond acceptors (Lipinski definition) is 3. The largest absolute Gasteiger partial charge is 0.353 e. The van der Waals surface area contributed by atoms with Crippen LogP contribution in [0.3, 0.4) is 0 Å². The molecule has 1 aromatic heterocycles. The van der Waals surface area contributed by atoms with Crippen LogP contribution >= 0.6 is 15.9 Å². The molecule has 1 aliphatic heterocycles. The third kappa shape index (κ3) is 2.77. The Labute approximate surface area is 110 Å². The Morgan fingerprint density at radius 2 is 2.00 bits per heavy atom. The fourth-order valence-corrected chi connectivity index (χ4v) is 2.16. The fraction of sp³-hybridized carbons (Fsp3) is 0.500. The van der Waals surface area contributed by atoms with Crippen LogP contribution < -0.4 is 4.90 Å². The molecule has 2 heterocycles. The molecule has 17 heavy (non-hydrogen) atoms. The van der Waals surface area contributed by atoms with Gasteiger partial charge in [0.15, 0.2) is 0 Å². The van der Waals surface area contributed by atoms with Gasteiger partial charge >= 0.3 is 0 Å². The molecule has 0 saturated carbocycles. The van der Waals surface area contributed by atoms with Gasteiger partial charge < -0.3 is 9.80 Å². The number of rotatable bonds is 1. The number of anilines is 1. The zero-order valence-electron chi connectivity index (χ0n) is 10.1. The second-order valence-corrected chi connectivity index (χ2v) is 5.14. The van der Waals surface area contributed by atoms with E-state index in [4.69, 9.17) is 0 Å². The Hall–Kier alpha value is -1.10. The number of hydrogen-bond donors (Lipinski definition) is 0. The minimum atomic E-state index is 0.157. The number of piperazine rings is 1. The van der Waals surface area contributed by atoms with Crippen molar-refractivity contribution in [1.29, 1.82) is 0 Å². The van der Waals surface area contributed by atoms with Gasteiger partial charge in [0, 0.05) is 43.8 Å². The third-order valence-electron chi connectivity index (χ3n) is 3.08. The summed E-state index contributed by atoms with van der Waals surface area (Å²) in [7, 11) is 0. The van der Waals surface area contributed by atoms with Crippen molar-refractivity contribution in [2.24, 2.45) is 0 Å². The summed E-state index contributed by atoms with van der Waals surface area (Å²) in [4.78, 5) is 19.7. The summed E-state index contributed by atoms with van der Waals surface area (Å²) in [6.45, 7) is 6.96. The molecule has 0 atom stereocenters.